The molecule has 4 heteroatoms. The highest BCUT2D eigenvalue weighted by Crippen LogP contribution is 2.26. The van der Waals surface area contributed by atoms with Gasteiger partial charge in [0.1, 0.15) is 5.82 Å². The summed E-state index contributed by atoms with van der Waals surface area (Å²) < 4.78 is 0. The Bertz CT molecular complexity index is 351. The average molecular weight is 256 g/mol. The molecule has 0 bridgehead atoms. The van der Waals surface area contributed by atoms with E-state index in [2.05, 4.69) is 36.1 Å². The highest BCUT2D eigenvalue weighted by Gasteiger charge is 2.15. The first-order valence-corrected chi connectivity index (χ1v) is 6.53. The Morgan fingerprint density at radius 3 is 2.53 bits per heavy atom. The van der Waals surface area contributed by atoms with Crippen LogP contribution in [0, 0.1) is 0 Å². The Morgan fingerprint density at radius 2 is 2.06 bits per heavy atom. The van der Waals surface area contributed by atoms with Crippen molar-refractivity contribution in [1.29, 1.82) is 0 Å². The third-order valence-corrected chi connectivity index (χ3v) is 3.36. The Kier molecular flexibility index (Phi) is 5.72. The fourth-order valence-corrected chi connectivity index (χ4v) is 2.36. The van der Waals surface area contributed by atoms with Crippen LogP contribution in [0.3, 0.4) is 0 Å². The molecule has 1 heterocycles. The molecule has 17 heavy (non-hydrogen) atoms. The standard InChI is InChI=1S/C13H22ClN3/c1-5-11(6-2)17(4)13-12(14)7-10(8-15-3)9-16-13/h7,9,11,15H,5-6,8H2,1-4H3. The number of hydrogen-bond acceptors (Lipinski definition) is 3. The molecule has 96 valence electrons. The fraction of sp³-hybridized carbons (Fsp3) is 0.615. The number of halogens is 1. The minimum atomic E-state index is 0.496. The first kappa shape index (κ1) is 14.3. The van der Waals surface area contributed by atoms with Crippen LogP contribution in [0.25, 0.3) is 0 Å². The zero-order valence-electron chi connectivity index (χ0n) is 11.1. The Hall–Kier alpha value is -0.800. The molecule has 1 rings (SSSR count). The summed E-state index contributed by atoms with van der Waals surface area (Å²) >= 11 is 6.29. The van der Waals surface area contributed by atoms with Gasteiger partial charge < -0.3 is 10.2 Å². The van der Waals surface area contributed by atoms with Crippen molar-refractivity contribution in [3.8, 4) is 0 Å². The zero-order chi connectivity index (χ0) is 12.8. The average Bonchev–Trinajstić information content (AvgIpc) is 2.31. The number of pyridine rings is 1. The molecule has 3 nitrogen and oxygen atoms in total. The number of hydrogen-bond donors (Lipinski definition) is 1. The normalized spacial score (nSPS) is 10.9. The minimum absolute atomic E-state index is 0.496. The van der Waals surface area contributed by atoms with Gasteiger partial charge in [-0.3, -0.25) is 0 Å². The van der Waals surface area contributed by atoms with Crippen LogP contribution in [0.15, 0.2) is 12.3 Å². The molecule has 0 aliphatic heterocycles. The molecule has 0 aliphatic carbocycles. The Morgan fingerprint density at radius 1 is 1.41 bits per heavy atom. The summed E-state index contributed by atoms with van der Waals surface area (Å²) in [6.07, 6.45) is 4.09. The molecule has 1 aromatic heterocycles. The molecule has 0 saturated carbocycles. The van der Waals surface area contributed by atoms with Crippen molar-refractivity contribution in [3.63, 3.8) is 0 Å². The number of anilines is 1. The lowest BCUT2D eigenvalue weighted by Crippen LogP contribution is -2.31. The van der Waals surface area contributed by atoms with Gasteiger partial charge in [-0.1, -0.05) is 25.4 Å². The molecule has 0 unspecified atom stereocenters. The van der Waals surface area contributed by atoms with Crippen molar-refractivity contribution in [2.75, 3.05) is 19.0 Å². The minimum Gasteiger partial charge on any atom is -0.355 e. The van der Waals surface area contributed by atoms with Crippen LogP contribution in [0.5, 0.6) is 0 Å². The van der Waals surface area contributed by atoms with Crippen LogP contribution >= 0.6 is 11.6 Å². The van der Waals surface area contributed by atoms with Gasteiger partial charge in [-0.05, 0) is 31.5 Å². The first-order valence-electron chi connectivity index (χ1n) is 6.15. The van der Waals surface area contributed by atoms with E-state index in [-0.39, 0.29) is 0 Å². The number of nitrogens with one attached hydrogen (secondary N) is 1. The van der Waals surface area contributed by atoms with Crippen molar-refractivity contribution in [2.45, 2.75) is 39.3 Å². The van der Waals surface area contributed by atoms with Crippen LogP contribution in [-0.2, 0) is 6.54 Å². The van der Waals surface area contributed by atoms with E-state index in [1.807, 2.05) is 19.3 Å². The van der Waals surface area contributed by atoms with E-state index in [4.69, 9.17) is 11.6 Å². The highest BCUT2D eigenvalue weighted by molar-refractivity contribution is 6.33. The molecule has 0 radical (unpaired) electrons. The quantitative estimate of drug-likeness (QED) is 0.847. The van der Waals surface area contributed by atoms with Gasteiger partial charge in [0.2, 0.25) is 0 Å². The summed E-state index contributed by atoms with van der Waals surface area (Å²) in [6.45, 7) is 5.17. The molecule has 0 spiro atoms. The maximum absolute atomic E-state index is 6.29. The molecule has 1 N–H and O–H groups in total. The van der Waals surface area contributed by atoms with Gasteiger partial charge in [-0.2, -0.15) is 0 Å². The van der Waals surface area contributed by atoms with E-state index in [0.717, 1.165) is 35.8 Å². The summed E-state index contributed by atoms with van der Waals surface area (Å²) in [7, 11) is 3.97. The van der Waals surface area contributed by atoms with E-state index in [0.29, 0.717) is 6.04 Å². The van der Waals surface area contributed by atoms with Gasteiger partial charge in [-0.25, -0.2) is 4.98 Å². The van der Waals surface area contributed by atoms with Crippen LogP contribution in [0.4, 0.5) is 5.82 Å². The summed E-state index contributed by atoms with van der Waals surface area (Å²) in [6, 6.07) is 2.48. The Balaban J connectivity index is 2.90. The lowest BCUT2D eigenvalue weighted by atomic mass is 10.1. The SMILES string of the molecule is CCC(CC)N(C)c1ncc(CNC)cc1Cl. The van der Waals surface area contributed by atoms with Crippen molar-refractivity contribution in [3.05, 3.63) is 22.8 Å². The van der Waals surface area contributed by atoms with Crippen molar-refractivity contribution < 1.29 is 0 Å². The molecule has 0 fully saturated rings. The molecular formula is C13H22ClN3. The van der Waals surface area contributed by atoms with Crippen molar-refractivity contribution in [1.82, 2.24) is 10.3 Å². The maximum Gasteiger partial charge on any atom is 0.147 e. The second-order valence-electron chi connectivity index (χ2n) is 4.26. The largest absolute Gasteiger partial charge is 0.355 e. The topological polar surface area (TPSA) is 28.2 Å². The lowest BCUT2D eigenvalue weighted by molar-refractivity contribution is 0.586. The van der Waals surface area contributed by atoms with Gasteiger partial charge in [0, 0.05) is 25.8 Å². The first-order chi connectivity index (χ1) is 8.13. The second kappa shape index (κ2) is 6.82. The summed E-state index contributed by atoms with van der Waals surface area (Å²) in [4.78, 5) is 6.64. The molecule has 0 amide bonds. The predicted octanol–water partition coefficient (Wildman–Crippen LogP) is 3.08. The molecule has 0 aliphatic rings. The van der Waals surface area contributed by atoms with Crippen LogP contribution in [0.1, 0.15) is 32.3 Å². The Labute approximate surface area is 109 Å². The van der Waals surface area contributed by atoms with E-state index >= 15 is 0 Å². The van der Waals surface area contributed by atoms with Crippen molar-refractivity contribution in [2.24, 2.45) is 0 Å². The van der Waals surface area contributed by atoms with Gasteiger partial charge in [0.05, 0.1) is 5.02 Å². The monoisotopic (exact) mass is 255 g/mol. The molecular weight excluding hydrogens is 234 g/mol. The molecule has 0 saturated heterocycles. The lowest BCUT2D eigenvalue weighted by Gasteiger charge is -2.28. The van der Waals surface area contributed by atoms with E-state index < -0.39 is 0 Å². The number of rotatable bonds is 6. The second-order valence-corrected chi connectivity index (χ2v) is 4.67. The fourth-order valence-electron chi connectivity index (χ4n) is 2.04. The van der Waals surface area contributed by atoms with Gasteiger partial charge in [0.25, 0.3) is 0 Å². The third kappa shape index (κ3) is 3.58. The smallest absolute Gasteiger partial charge is 0.147 e. The van der Waals surface area contributed by atoms with Gasteiger partial charge in [-0.15, -0.1) is 0 Å². The van der Waals surface area contributed by atoms with Crippen LogP contribution in [0.2, 0.25) is 5.02 Å². The van der Waals surface area contributed by atoms with Gasteiger partial charge in [0.15, 0.2) is 0 Å². The summed E-state index contributed by atoms with van der Waals surface area (Å²) in [5, 5.41) is 3.82. The summed E-state index contributed by atoms with van der Waals surface area (Å²) in [5.74, 6) is 0.875. The van der Waals surface area contributed by atoms with E-state index in [9.17, 15) is 0 Å². The highest BCUT2D eigenvalue weighted by atomic mass is 35.5. The summed E-state index contributed by atoms with van der Waals surface area (Å²) in [5.41, 5.74) is 1.11. The van der Waals surface area contributed by atoms with Crippen molar-refractivity contribution >= 4 is 17.4 Å². The maximum atomic E-state index is 6.29. The van der Waals surface area contributed by atoms with Crippen LogP contribution in [-0.4, -0.2) is 25.1 Å². The molecule has 1 aromatic rings. The van der Waals surface area contributed by atoms with Gasteiger partial charge >= 0.3 is 0 Å². The van der Waals surface area contributed by atoms with E-state index in [1.54, 1.807) is 0 Å². The predicted molar refractivity (Wildman–Crippen MR) is 74.8 cm³/mol. The number of nitrogens with zero attached hydrogens (tertiary/aromatic N) is 2. The zero-order valence-corrected chi connectivity index (χ0v) is 11.9. The van der Waals surface area contributed by atoms with E-state index in [1.165, 1.54) is 0 Å². The third-order valence-electron chi connectivity index (χ3n) is 3.08. The number of aromatic nitrogens is 1. The van der Waals surface area contributed by atoms with Crippen LogP contribution < -0.4 is 10.2 Å². The molecule has 0 aromatic carbocycles. The molecule has 0 atom stereocenters.